The molecule has 0 fully saturated rings. The van der Waals surface area contributed by atoms with Gasteiger partial charge >= 0.3 is 0 Å². The highest BCUT2D eigenvalue weighted by Gasteiger charge is 2.21. The fraction of sp³-hybridized carbons (Fsp3) is 0.462. The van der Waals surface area contributed by atoms with Crippen molar-refractivity contribution >= 4 is 29.5 Å². The van der Waals surface area contributed by atoms with Gasteiger partial charge in [-0.3, -0.25) is 9.89 Å². The van der Waals surface area contributed by atoms with Gasteiger partial charge in [0.2, 0.25) is 0 Å². The molecule has 2 aromatic rings. The van der Waals surface area contributed by atoms with Crippen LogP contribution < -0.4 is 5.32 Å². The summed E-state index contributed by atoms with van der Waals surface area (Å²) < 4.78 is 2.36. The zero-order valence-electron chi connectivity index (χ0n) is 11.7. The van der Waals surface area contributed by atoms with E-state index in [4.69, 9.17) is 12.2 Å². The first-order valence-corrected chi connectivity index (χ1v) is 7.73. The Labute approximate surface area is 127 Å². The number of aromatic nitrogens is 3. The van der Waals surface area contributed by atoms with Crippen LogP contribution in [0, 0.1) is 10.7 Å². The Hall–Kier alpha value is -1.47. The molecule has 2 aromatic heterocycles. The van der Waals surface area contributed by atoms with Crippen LogP contribution in [0.25, 0.3) is 0 Å². The molecule has 0 radical (unpaired) electrons. The topological polar surface area (TPSA) is 62.7 Å². The highest BCUT2D eigenvalue weighted by atomic mass is 32.1. The minimum atomic E-state index is -0.150. The Bertz CT molecular complexity index is 627. The first-order valence-electron chi connectivity index (χ1n) is 6.44. The molecular weight excluding hydrogens is 292 g/mol. The number of hydrogen-bond donors (Lipinski definition) is 2. The minimum Gasteiger partial charge on any atom is -0.341 e. The van der Waals surface area contributed by atoms with Crippen LogP contribution in [0.5, 0.6) is 0 Å². The lowest BCUT2D eigenvalue weighted by atomic mass is 10.0. The van der Waals surface area contributed by atoms with Gasteiger partial charge in [0.25, 0.3) is 5.91 Å². The molecule has 2 rings (SSSR count). The molecule has 0 spiro atoms. The standard InChI is InChI=1S/C13H18N4OS2/c1-8(2)7-9(11-15-16-13(19)17(11)3)14-12(18)10-5-4-6-20-10/h4-6,8-9H,7H2,1-3H3,(H,14,18)(H,16,19)/t9-/m0/s1. The van der Waals surface area contributed by atoms with Crippen LogP contribution in [0.3, 0.4) is 0 Å². The van der Waals surface area contributed by atoms with Crippen LogP contribution in [0.2, 0.25) is 0 Å². The van der Waals surface area contributed by atoms with Gasteiger partial charge in [-0.15, -0.1) is 11.3 Å². The smallest absolute Gasteiger partial charge is 0.261 e. The van der Waals surface area contributed by atoms with Gasteiger partial charge in [0.05, 0.1) is 10.9 Å². The first kappa shape index (κ1) is 14.9. The number of rotatable bonds is 5. The SMILES string of the molecule is CC(C)C[C@H](NC(=O)c1cccs1)c1n[nH]c(=S)n1C. The largest absolute Gasteiger partial charge is 0.341 e. The van der Waals surface area contributed by atoms with E-state index in [-0.39, 0.29) is 11.9 Å². The van der Waals surface area contributed by atoms with Gasteiger partial charge in [-0.05, 0) is 36.0 Å². The second-order valence-electron chi connectivity index (χ2n) is 5.08. The molecule has 7 heteroatoms. The molecule has 1 atom stereocenters. The van der Waals surface area contributed by atoms with Crippen molar-refractivity contribution in [3.8, 4) is 0 Å². The summed E-state index contributed by atoms with van der Waals surface area (Å²) in [6, 6.07) is 3.53. The molecular formula is C13H18N4OS2. The van der Waals surface area contributed by atoms with E-state index < -0.39 is 0 Å². The Balaban J connectivity index is 2.22. The fourth-order valence-corrected chi connectivity index (χ4v) is 2.77. The third kappa shape index (κ3) is 3.34. The van der Waals surface area contributed by atoms with Crippen molar-refractivity contribution in [3.63, 3.8) is 0 Å². The van der Waals surface area contributed by atoms with Crippen molar-refractivity contribution in [2.45, 2.75) is 26.3 Å². The van der Waals surface area contributed by atoms with Crippen molar-refractivity contribution in [1.29, 1.82) is 0 Å². The van der Waals surface area contributed by atoms with E-state index >= 15 is 0 Å². The van der Waals surface area contributed by atoms with Crippen LogP contribution in [-0.2, 0) is 7.05 Å². The Morgan fingerprint density at radius 2 is 2.35 bits per heavy atom. The lowest BCUT2D eigenvalue weighted by molar-refractivity contribution is 0.0933. The van der Waals surface area contributed by atoms with Gasteiger partial charge in [-0.2, -0.15) is 5.10 Å². The van der Waals surface area contributed by atoms with Crippen molar-refractivity contribution < 1.29 is 4.79 Å². The number of nitrogens with zero attached hydrogens (tertiary/aromatic N) is 2. The summed E-state index contributed by atoms with van der Waals surface area (Å²) in [6.45, 7) is 4.23. The number of hydrogen-bond acceptors (Lipinski definition) is 4. The van der Waals surface area contributed by atoms with Gasteiger partial charge in [0.15, 0.2) is 10.6 Å². The summed E-state index contributed by atoms with van der Waals surface area (Å²) in [4.78, 5) is 12.9. The van der Waals surface area contributed by atoms with Crippen molar-refractivity contribution in [1.82, 2.24) is 20.1 Å². The number of H-pyrrole nitrogens is 1. The highest BCUT2D eigenvalue weighted by Crippen LogP contribution is 2.20. The molecule has 2 N–H and O–H groups in total. The maximum absolute atomic E-state index is 12.2. The van der Waals surface area contributed by atoms with Crippen LogP contribution >= 0.6 is 23.6 Å². The van der Waals surface area contributed by atoms with Gasteiger partial charge < -0.3 is 9.88 Å². The number of amides is 1. The summed E-state index contributed by atoms with van der Waals surface area (Å²) in [5.41, 5.74) is 0. The fourth-order valence-electron chi connectivity index (χ4n) is 2.01. The van der Waals surface area contributed by atoms with Crippen molar-refractivity contribution in [3.05, 3.63) is 33.0 Å². The molecule has 1 amide bonds. The number of aromatic amines is 1. The molecule has 0 aliphatic heterocycles. The Morgan fingerprint density at radius 1 is 1.60 bits per heavy atom. The predicted octanol–water partition coefficient (Wildman–Crippen LogP) is 3.06. The first-order chi connectivity index (χ1) is 9.49. The zero-order chi connectivity index (χ0) is 14.7. The number of carbonyl (C=O) groups is 1. The molecule has 0 aliphatic rings. The van der Waals surface area contributed by atoms with Gasteiger partial charge in [0, 0.05) is 7.05 Å². The average molecular weight is 310 g/mol. The number of nitrogens with one attached hydrogen (secondary N) is 2. The number of carbonyl (C=O) groups excluding carboxylic acids is 1. The summed E-state index contributed by atoms with van der Waals surface area (Å²) in [5.74, 6) is 1.13. The normalized spacial score (nSPS) is 12.6. The van der Waals surface area contributed by atoms with Crippen LogP contribution in [0.4, 0.5) is 0 Å². The zero-order valence-corrected chi connectivity index (χ0v) is 13.3. The maximum Gasteiger partial charge on any atom is 0.261 e. The minimum absolute atomic E-state index is 0.0698. The molecule has 20 heavy (non-hydrogen) atoms. The lowest BCUT2D eigenvalue weighted by Crippen LogP contribution is -2.30. The van der Waals surface area contributed by atoms with E-state index in [1.165, 1.54) is 11.3 Å². The van der Waals surface area contributed by atoms with E-state index in [1.54, 1.807) is 4.57 Å². The molecule has 108 valence electrons. The van der Waals surface area contributed by atoms with Crippen LogP contribution in [0.1, 0.15) is 41.8 Å². The summed E-state index contributed by atoms with van der Waals surface area (Å²) in [6.07, 6.45) is 0.810. The van der Waals surface area contributed by atoms with E-state index in [0.29, 0.717) is 15.6 Å². The highest BCUT2D eigenvalue weighted by molar-refractivity contribution is 7.71. The second kappa shape index (κ2) is 6.32. The molecule has 0 bridgehead atoms. The molecule has 0 saturated heterocycles. The summed E-state index contributed by atoms with van der Waals surface area (Å²) >= 11 is 6.56. The molecule has 5 nitrogen and oxygen atoms in total. The van der Waals surface area contributed by atoms with E-state index in [1.807, 2.05) is 24.6 Å². The van der Waals surface area contributed by atoms with Gasteiger partial charge in [-0.1, -0.05) is 19.9 Å². The van der Waals surface area contributed by atoms with Gasteiger partial charge in [-0.25, -0.2) is 0 Å². The van der Waals surface area contributed by atoms with Crippen LogP contribution in [-0.4, -0.2) is 20.7 Å². The molecule has 0 aliphatic carbocycles. The average Bonchev–Trinajstić information content (AvgIpc) is 3.00. The van der Waals surface area contributed by atoms with Crippen molar-refractivity contribution in [2.75, 3.05) is 0 Å². The molecule has 0 saturated carbocycles. The second-order valence-corrected chi connectivity index (χ2v) is 6.41. The third-order valence-electron chi connectivity index (χ3n) is 2.98. The van der Waals surface area contributed by atoms with E-state index in [2.05, 4.69) is 29.4 Å². The Morgan fingerprint density at radius 3 is 2.85 bits per heavy atom. The number of thiophene rings is 1. The van der Waals surface area contributed by atoms with E-state index in [0.717, 1.165) is 12.2 Å². The molecule has 0 unspecified atom stereocenters. The Kier molecular flexibility index (Phi) is 4.72. The quantitative estimate of drug-likeness (QED) is 0.834. The van der Waals surface area contributed by atoms with Gasteiger partial charge in [0.1, 0.15) is 0 Å². The third-order valence-corrected chi connectivity index (χ3v) is 4.22. The summed E-state index contributed by atoms with van der Waals surface area (Å²) in [7, 11) is 1.85. The van der Waals surface area contributed by atoms with Crippen molar-refractivity contribution in [2.24, 2.45) is 13.0 Å². The van der Waals surface area contributed by atoms with Crippen LogP contribution in [0.15, 0.2) is 17.5 Å². The van der Waals surface area contributed by atoms with E-state index in [9.17, 15) is 4.79 Å². The summed E-state index contributed by atoms with van der Waals surface area (Å²) in [5, 5.41) is 11.9. The molecule has 0 aromatic carbocycles. The maximum atomic E-state index is 12.2. The monoisotopic (exact) mass is 310 g/mol. The predicted molar refractivity (Wildman–Crippen MR) is 82.4 cm³/mol. The molecule has 2 heterocycles. The lowest BCUT2D eigenvalue weighted by Gasteiger charge is -2.19.